The molecule has 0 bridgehead atoms. The van der Waals surface area contributed by atoms with Crippen LogP contribution in [-0.4, -0.2) is 4.57 Å². The summed E-state index contributed by atoms with van der Waals surface area (Å²) in [7, 11) is 1.25. The van der Waals surface area contributed by atoms with Crippen molar-refractivity contribution in [1.82, 2.24) is 4.57 Å². The Morgan fingerprint density at radius 1 is 1.46 bits per heavy atom. The van der Waals surface area contributed by atoms with Crippen LogP contribution in [0.1, 0.15) is 5.56 Å². The minimum absolute atomic E-state index is 0.211. The normalized spacial score (nSPS) is 11.8. The fourth-order valence-corrected chi connectivity index (χ4v) is 1.15. The second kappa shape index (κ2) is 3.10. The lowest BCUT2D eigenvalue weighted by molar-refractivity contribution is -0.138. The number of rotatable bonds is 0. The molecule has 0 saturated heterocycles. The van der Waals surface area contributed by atoms with E-state index in [2.05, 4.69) is 12.6 Å². The van der Waals surface area contributed by atoms with E-state index in [4.69, 9.17) is 0 Å². The van der Waals surface area contributed by atoms with Crippen LogP contribution in [0.15, 0.2) is 22.0 Å². The summed E-state index contributed by atoms with van der Waals surface area (Å²) < 4.78 is 37.2. The standard InChI is InChI=1S/C7H6F3NOS/c1-11-3-4(7(8,9)10)2-5(13)6(11)12/h2-3,13H,1H3. The molecule has 0 saturated carbocycles. The highest BCUT2D eigenvalue weighted by Crippen LogP contribution is 2.29. The van der Waals surface area contributed by atoms with Gasteiger partial charge in [-0.1, -0.05) is 0 Å². The van der Waals surface area contributed by atoms with Crippen LogP contribution in [0.2, 0.25) is 0 Å². The van der Waals surface area contributed by atoms with Crippen molar-refractivity contribution in [3.8, 4) is 0 Å². The van der Waals surface area contributed by atoms with E-state index < -0.39 is 17.3 Å². The first-order valence-corrected chi connectivity index (χ1v) is 3.74. The molecule has 0 spiro atoms. The van der Waals surface area contributed by atoms with Crippen molar-refractivity contribution in [3.63, 3.8) is 0 Å². The summed E-state index contributed by atoms with van der Waals surface area (Å²) >= 11 is 3.64. The lowest BCUT2D eigenvalue weighted by Gasteiger charge is -2.08. The van der Waals surface area contributed by atoms with Crippen molar-refractivity contribution >= 4 is 12.6 Å². The van der Waals surface area contributed by atoms with E-state index in [9.17, 15) is 18.0 Å². The smallest absolute Gasteiger partial charge is 0.317 e. The SMILES string of the molecule is Cn1cc(C(F)(F)F)cc(S)c1=O. The van der Waals surface area contributed by atoms with Crippen molar-refractivity contribution in [3.05, 3.63) is 28.2 Å². The summed E-state index contributed by atoms with van der Waals surface area (Å²) in [5.74, 6) is 0. The third kappa shape index (κ3) is 2.06. The van der Waals surface area contributed by atoms with Gasteiger partial charge in [-0.15, -0.1) is 12.6 Å². The zero-order valence-corrected chi connectivity index (χ0v) is 7.49. The molecule has 0 fully saturated rings. The maximum absolute atomic E-state index is 12.1. The number of pyridine rings is 1. The van der Waals surface area contributed by atoms with E-state index in [1.807, 2.05) is 0 Å². The molecule has 2 nitrogen and oxygen atoms in total. The van der Waals surface area contributed by atoms with E-state index in [0.717, 1.165) is 10.8 Å². The highest BCUT2D eigenvalue weighted by molar-refractivity contribution is 7.80. The first-order valence-electron chi connectivity index (χ1n) is 3.29. The highest BCUT2D eigenvalue weighted by atomic mass is 32.1. The first-order chi connectivity index (χ1) is 5.82. The number of nitrogens with zero attached hydrogens (tertiary/aromatic N) is 1. The molecule has 0 aliphatic rings. The maximum atomic E-state index is 12.1. The van der Waals surface area contributed by atoms with Gasteiger partial charge in [0.2, 0.25) is 0 Å². The van der Waals surface area contributed by atoms with Gasteiger partial charge in [0, 0.05) is 13.2 Å². The lowest BCUT2D eigenvalue weighted by atomic mass is 10.3. The Hall–Kier alpha value is -0.910. The minimum Gasteiger partial charge on any atom is -0.317 e. The van der Waals surface area contributed by atoms with Gasteiger partial charge in [-0.3, -0.25) is 4.79 Å². The Bertz CT molecular complexity index is 356. The van der Waals surface area contributed by atoms with E-state index in [1.165, 1.54) is 7.05 Å². The molecule has 0 atom stereocenters. The van der Waals surface area contributed by atoms with Gasteiger partial charge in [-0.25, -0.2) is 0 Å². The van der Waals surface area contributed by atoms with E-state index in [1.54, 1.807) is 0 Å². The van der Waals surface area contributed by atoms with Crippen LogP contribution in [0.4, 0.5) is 13.2 Å². The first kappa shape index (κ1) is 10.2. The van der Waals surface area contributed by atoms with Crippen LogP contribution in [0.3, 0.4) is 0 Å². The predicted molar refractivity (Wildman–Crippen MR) is 43.9 cm³/mol. The number of hydrogen-bond donors (Lipinski definition) is 1. The van der Waals surface area contributed by atoms with Gasteiger partial charge in [-0.05, 0) is 6.07 Å². The molecule has 0 amide bonds. The summed E-state index contributed by atoms with van der Waals surface area (Å²) in [5.41, 5.74) is -1.42. The van der Waals surface area contributed by atoms with E-state index >= 15 is 0 Å². The number of aromatic nitrogens is 1. The molecule has 0 aliphatic carbocycles. The number of hydrogen-bond acceptors (Lipinski definition) is 2. The molecule has 1 rings (SSSR count). The van der Waals surface area contributed by atoms with Gasteiger partial charge in [-0.2, -0.15) is 13.2 Å². The van der Waals surface area contributed by atoms with Gasteiger partial charge < -0.3 is 4.57 Å². The minimum atomic E-state index is -4.44. The Labute approximate surface area is 77.4 Å². The van der Waals surface area contributed by atoms with Crippen molar-refractivity contribution < 1.29 is 13.2 Å². The Morgan fingerprint density at radius 2 is 2.00 bits per heavy atom. The van der Waals surface area contributed by atoms with Crippen LogP contribution >= 0.6 is 12.6 Å². The molecule has 72 valence electrons. The quantitative estimate of drug-likeness (QED) is 0.645. The molecule has 0 N–H and O–H groups in total. The number of halogens is 3. The topological polar surface area (TPSA) is 22.0 Å². The average molecular weight is 209 g/mol. The molecule has 13 heavy (non-hydrogen) atoms. The van der Waals surface area contributed by atoms with Crippen LogP contribution in [0, 0.1) is 0 Å². The van der Waals surface area contributed by atoms with Crippen molar-refractivity contribution in [1.29, 1.82) is 0 Å². The summed E-state index contributed by atoms with van der Waals surface area (Å²) in [4.78, 5) is 10.8. The van der Waals surface area contributed by atoms with Crippen molar-refractivity contribution in [2.24, 2.45) is 7.05 Å². The third-order valence-electron chi connectivity index (χ3n) is 1.49. The number of thiol groups is 1. The van der Waals surface area contributed by atoms with Crippen LogP contribution < -0.4 is 5.56 Å². The fraction of sp³-hybridized carbons (Fsp3) is 0.286. The zero-order chi connectivity index (χ0) is 10.2. The Balaban J connectivity index is 3.38. The second-order valence-electron chi connectivity index (χ2n) is 2.53. The molecule has 1 aromatic rings. The van der Waals surface area contributed by atoms with Crippen LogP contribution in [0.5, 0.6) is 0 Å². The molecule has 1 aromatic heterocycles. The molecule has 1 heterocycles. The van der Waals surface area contributed by atoms with Gasteiger partial charge in [0.1, 0.15) is 0 Å². The van der Waals surface area contributed by atoms with E-state index in [0.29, 0.717) is 6.07 Å². The third-order valence-corrected chi connectivity index (χ3v) is 1.81. The summed E-state index contributed by atoms with van der Waals surface area (Å²) in [6, 6.07) is 0.714. The Morgan fingerprint density at radius 3 is 2.38 bits per heavy atom. The second-order valence-corrected chi connectivity index (χ2v) is 3.01. The van der Waals surface area contributed by atoms with Gasteiger partial charge >= 0.3 is 6.18 Å². The molecule has 0 aliphatic heterocycles. The predicted octanol–water partition coefficient (Wildman–Crippen LogP) is 1.69. The highest BCUT2D eigenvalue weighted by Gasteiger charge is 2.31. The molecular weight excluding hydrogens is 203 g/mol. The summed E-state index contributed by atoms with van der Waals surface area (Å²) in [6.45, 7) is 0. The molecule has 0 unspecified atom stereocenters. The number of aryl methyl sites for hydroxylation is 1. The monoisotopic (exact) mass is 209 g/mol. The van der Waals surface area contributed by atoms with Crippen molar-refractivity contribution in [2.45, 2.75) is 11.1 Å². The van der Waals surface area contributed by atoms with Gasteiger partial charge in [0.15, 0.2) is 0 Å². The molecule has 6 heteroatoms. The lowest BCUT2D eigenvalue weighted by Crippen LogP contribution is -2.20. The summed E-state index contributed by atoms with van der Waals surface area (Å²) in [5, 5.41) is 0. The number of alkyl halides is 3. The van der Waals surface area contributed by atoms with E-state index in [-0.39, 0.29) is 4.90 Å². The summed E-state index contributed by atoms with van der Waals surface area (Å²) in [6.07, 6.45) is -3.70. The average Bonchev–Trinajstić information content (AvgIpc) is 1.97. The van der Waals surface area contributed by atoms with Crippen LogP contribution in [0.25, 0.3) is 0 Å². The zero-order valence-electron chi connectivity index (χ0n) is 6.59. The largest absolute Gasteiger partial charge is 0.417 e. The molecule has 0 radical (unpaired) electrons. The van der Waals surface area contributed by atoms with Gasteiger partial charge in [0.05, 0.1) is 10.5 Å². The molecule has 0 aromatic carbocycles. The Kier molecular flexibility index (Phi) is 2.42. The fourth-order valence-electron chi connectivity index (χ4n) is 0.849. The molecular formula is C7H6F3NOS. The van der Waals surface area contributed by atoms with Crippen LogP contribution in [-0.2, 0) is 13.2 Å². The maximum Gasteiger partial charge on any atom is 0.417 e. The van der Waals surface area contributed by atoms with Crippen molar-refractivity contribution in [2.75, 3.05) is 0 Å². The van der Waals surface area contributed by atoms with Gasteiger partial charge in [0.25, 0.3) is 5.56 Å².